The van der Waals surface area contributed by atoms with E-state index in [4.69, 9.17) is 28.5 Å². The molecule has 4 saturated heterocycles. The van der Waals surface area contributed by atoms with Crippen LogP contribution >= 0.6 is 45.9 Å². The van der Waals surface area contributed by atoms with E-state index >= 15 is 0 Å². The Morgan fingerprint density at radius 1 is 0.536 bits per heavy atom. The lowest BCUT2D eigenvalue weighted by Crippen LogP contribution is -2.55. The van der Waals surface area contributed by atoms with Crippen molar-refractivity contribution in [3.63, 3.8) is 0 Å². The molecule has 738 valence electrons. The van der Waals surface area contributed by atoms with E-state index in [9.17, 15) is 57.6 Å². The summed E-state index contributed by atoms with van der Waals surface area (Å²) in [7, 11) is -15.2. The van der Waals surface area contributed by atoms with Crippen LogP contribution in [0, 0.1) is 24.2 Å². The predicted octanol–water partition coefficient (Wildman–Crippen LogP) is 15.4. The monoisotopic (exact) mass is 2050 g/mol. The highest BCUT2D eigenvalue weighted by Gasteiger charge is 2.43. The van der Waals surface area contributed by atoms with Gasteiger partial charge in [0.25, 0.3) is 40.1 Å². The minimum Gasteiger partial charge on any atom is -0.368 e. The first-order valence-corrected chi connectivity index (χ1v) is 53.7. The van der Waals surface area contributed by atoms with Crippen molar-refractivity contribution in [2.24, 2.45) is 5.92 Å². The van der Waals surface area contributed by atoms with Crippen molar-refractivity contribution < 1.29 is 66.2 Å². The molecule has 6 aliphatic heterocycles. The number of sulfonamides is 4. The zero-order valence-electron chi connectivity index (χ0n) is 76.9. The first-order chi connectivity index (χ1) is 67.2. The second-order valence-electron chi connectivity index (χ2n) is 34.5. The van der Waals surface area contributed by atoms with Crippen LogP contribution in [0.1, 0.15) is 82.8 Å². The van der Waals surface area contributed by atoms with Gasteiger partial charge in [-0.05, 0) is 232 Å². The van der Waals surface area contributed by atoms with Gasteiger partial charge in [0.15, 0.2) is 16.1 Å². The van der Waals surface area contributed by atoms with Gasteiger partial charge in [0.05, 0.1) is 31.7 Å². The maximum absolute atomic E-state index is 13.4. The molecule has 0 saturated carbocycles. The summed E-state index contributed by atoms with van der Waals surface area (Å²) >= 11 is 14.6. The number of amides is 5. The van der Waals surface area contributed by atoms with Gasteiger partial charge in [-0.2, -0.15) is 5.26 Å². The van der Waals surface area contributed by atoms with Gasteiger partial charge in [0, 0.05) is 178 Å². The van der Waals surface area contributed by atoms with Crippen LogP contribution in [0.5, 0.6) is 0 Å². The van der Waals surface area contributed by atoms with E-state index in [-0.39, 0.29) is 123 Å². The lowest BCUT2D eigenvalue weighted by molar-refractivity contribution is -0.137. The molecule has 140 heavy (non-hydrogen) atoms. The Bertz CT molecular complexity index is 7210. The van der Waals surface area contributed by atoms with Crippen LogP contribution in [0.4, 0.5) is 56.0 Å². The summed E-state index contributed by atoms with van der Waals surface area (Å²) in [6.07, 6.45) is 13.8. The molecule has 5 aromatic heterocycles. The van der Waals surface area contributed by atoms with Crippen molar-refractivity contribution in [1.29, 1.82) is 5.26 Å². The van der Waals surface area contributed by atoms with Crippen LogP contribution in [0.15, 0.2) is 268 Å². The molecular formula is C98H113Cl2N21O13S6. The number of carbonyl (C=O) groups excluding carboxylic acids is 5. The molecule has 0 bridgehead atoms. The molecule has 42 heteroatoms. The van der Waals surface area contributed by atoms with Gasteiger partial charge in [-0.15, -0.1) is 22.7 Å². The van der Waals surface area contributed by atoms with Crippen molar-refractivity contribution in [1.82, 2.24) is 49.2 Å². The molecule has 19 rings (SSSR count). The summed E-state index contributed by atoms with van der Waals surface area (Å²) in [5.74, 6) is 0.0371. The number of para-hydroxylation sites is 1. The van der Waals surface area contributed by atoms with Crippen LogP contribution < -0.4 is 48.3 Å². The number of piperazine rings is 3. The molecular weight excluding hydrogens is 1940 g/mol. The highest BCUT2D eigenvalue weighted by molar-refractivity contribution is 7.93. The number of fused-ring (bicyclic) bond motifs is 3. The summed E-state index contributed by atoms with van der Waals surface area (Å²) in [6.45, 7) is 17.6. The fourth-order valence-electron chi connectivity index (χ4n) is 18.0. The standard InChI is InChI=1S/C27H28ClN7O3S.C25H28ClN5O3S.C24H23N5O4S2.C22H22N4O3S2.6H2/c1-19(35-10-2-3-20-15-22(28)4-9-25(20)35)27(36)34-13-11-33(12-14-34)23-5-7-24(8-6-23)39(37,38)32-26-21(16-29)17-30-18-31-26;1-18(2)24(19-3-5-20(26)6-4-19)25(32)31-15-13-30(14-16-31)21-7-9-22(10-8-21)35(33,34)29-23-11-12-27-17-28-23;1-17-2-7-21-18(14-17)8-10-27(21)15-22(30)28-11-12-29(23(31)16-28)19-3-5-20(6-4-19)35(32,33)26-24-25-9-13-34-24;1-15-14-16-4-2-3-5-19(16)26(15)20-10-12-25(21(20)27)17-6-8-18(9-7-17)31(28,29)24-22-23-11-13-30-22;;;;;;/h4-9,15,17-19H,2-3,10-14H2,1H3,(H,30,31,32);3-12,17-18,24H,13-16H2,1-2H3,(H,27,28,29);2-10,13-14H,11-12,15-16H2,1H3,(H,25,26);2-9,11,13,15,20H,10,12,14H2,1H3,(H,23,24);6*1H/t19-;;;15?,20-;;;;;;/m1..0....../s1. The Kier molecular flexibility index (Phi) is 30.8. The minimum atomic E-state index is -3.93. The van der Waals surface area contributed by atoms with Crippen molar-refractivity contribution in [2.75, 3.05) is 133 Å². The lowest BCUT2D eigenvalue weighted by atomic mass is 9.87. The molecule has 0 radical (unpaired) electrons. The third-order valence-electron chi connectivity index (χ3n) is 25.1. The molecule has 5 amide bonds. The van der Waals surface area contributed by atoms with Gasteiger partial charge >= 0.3 is 0 Å². The number of nitrogens with one attached hydrogen (secondary N) is 4. The van der Waals surface area contributed by atoms with Crippen molar-refractivity contribution >= 4 is 182 Å². The maximum atomic E-state index is 13.4. The number of nitrogens with zero attached hydrogens (tertiary/aromatic N) is 17. The van der Waals surface area contributed by atoms with E-state index < -0.39 is 40.1 Å². The van der Waals surface area contributed by atoms with Gasteiger partial charge in [-0.3, -0.25) is 42.9 Å². The third kappa shape index (κ3) is 23.2. The molecule has 2 unspecified atom stereocenters. The summed E-state index contributed by atoms with van der Waals surface area (Å²) in [6, 6.07) is 58.7. The molecule has 4 fully saturated rings. The van der Waals surface area contributed by atoms with Gasteiger partial charge in [0.2, 0.25) is 29.5 Å². The fourth-order valence-corrected chi connectivity index (χ4v) is 23.9. The molecule has 4 N–H and O–H groups in total. The highest BCUT2D eigenvalue weighted by atomic mass is 35.5. The number of rotatable bonds is 24. The Labute approximate surface area is 839 Å². The Balaban J connectivity index is 0.000000197. The van der Waals surface area contributed by atoms with E-state index in [1.165, 1.54) is 108 Å². The normalized spacial score (nSPS) is 16.6. The van der Waals surface area contributed by atoms with E-state index in [0.717, 1.165) is 77.0 Å². The first kappa shape index (κ1) is 99.4. The van der Waals surface area contributed by atoms with E-state index in [1.807, 2.05) is 113 Å². The van der Waals surface area contributed by atoms with Gasteiger partial charge < -0.3 is 48.7 Å². The number of hydrogen-bond donors (Lipinski definition) is 4. The number of benzene rings is 8. The summed E-state index contributed by atoms with van der Waals surface area (Å²) < 4.78 is 113. The fraction of sp³-hybridized carbons (Fsp3) is 0.286. The highest BCUT2D eigenvalue weighted by Crippen LogP contribution is 2.40. The Morgan fingerprint density at radius 3 is 1.65 bits per heavy atom. The quantitative estimate of drug-likeness (QED) is 0.0436. The predicted molar refractivity (Wildman–Crippen MR) is 556 cm³/mol. The zero-order chi connectivity index (χ0) is 98.7. The zero-order valence-corrected chi connectivity index (χ0v) is 83.3. The van der Waals surface area contributed by atoms with Crippen LogP contribution in [0.3, 0.4) is 0 Å². The Hall–Kier alpha value is -13.7. The van der Waals surface area contributed by atoms with Crippen molar-refractivity contribution in [3.05, 3.63) is 286 Å². The molecule has 8 aromatic carbocycles. The number of hydrogen-bond acceptors (Lipinski definition) is 26. The number of carbonyl (C=O) groups is 5. The molecule has 6 aliphatic rings. The van der Waals surface area contributed by atoms with Crippen LogP contribution in [-0.2, 0) is 83.5 Å². The number of nitriles is 1. The number of aryl methyl sites for hydroxylation is 2. The lowest BCUT2D eigenvalue weighted by Gasteiger charge is -2.41. The van der Waals surface area contributed by atoms with Crippen LogP contribution in [-0.4, -0.2) is 216 Å². The topological polar surface area (TPSA) is 405 Å². The van der Waals surface area contributed by atoms with E-state index in [2.05, 4.69) is 107 Å². The average Bonchev–Trinajstić information content (AvgIpc) is 1.60. The minimum absolute atomic E-state index is 0. The SMILES string of the molecule is CC(C)C(C(=O)N1CCN(c2ccc(S(=O)(=O)Nc3ccncn3)cc2)CC1)c1ccc(Cl)cc1.CC1Cc2ccccc2N1[C@H]1CCN(c2ccc(S(=O)(=O)Nc3nccs3)cc2)C1=O.C[C@H](C(=O)N1CCN(c2ccc(S(=O)(=O)Nc3ncncc3C#N)cc2)CC1)N1CCCc2cc(Cl)ccc21.Cc1ccc2c(ccn2CC(=O)N2CCN(c3ccc(S(=O)(=O)Nc4nccs4)cc3)C(=O)C2)c1.[HH].[HH].[HH].[HH].[HH].[HH]. The Morgan fingerprint density at radius 2 is 1.09 bits per heavy atom. The number of halogens is 2. The second-order valence-corrected chi connectivity index (χ2v) is 43.8. The molecule has 4 atom stereocenters. The van der Waals surface area contributed by atoms with Crippen molar-refractivity contribution in [2.45, 2.75) is 110 Å². The van der Waals surface area contributed by atoms with Gasteiger partial charge in [-0.25, -0.2) is 63.6 Å². The molecule has 0 spiro atoms. The largest absolute Gasteiger partial charge is 0.368 e. The second kappa shape index (κ2) is 43.4. The first-order valence-electron chi connectivity index (χ1n) is 45.2. The molecule has 0 aliphatic carbocycles. The number of anilines is 10. The maximum Gasteiger partial charge on any atom is 0.263 e. The number of aromatic nitrogens is 7. The summed E-state index contributed by atoms with van der Waals surface area (Å²) in [5.41, 5.74) is 10.9. The molecule has 34 nitrogen and oxygen atoms in total. The van der Waals surface area contributed by atoms with Gasteiger partial charge in [0.1, 0.15) is 55.3 Å². The summed E-state index contributed by atoms with van der Waals surface area (Å²) in [4.78, 5) is 107. The van der Waals surface area contributed by atoms with E-state index in [1.54, 1.807) is 92.3 Å². The molecule has 13 aromatic rings. The smallest absolute Gasteiger partial charge is 0.263 e. The summed E-state index contributed by atoms with van der Waals surface area (Å²) in [5, 5.41) is 15.6. The number of thiazole rings is 2. The molecule has 11 heterocycles. The van der Waals surface area contributed by atoms with Crippen molar-refractivity contribution in [3.8, 4) is 6.07 Å². The average molecular weight is 2060 g/mol. The third-order valence-corrected chi connectivity index (χ3v) is 32.6. The van der Waals surface area contributed by atoms with E-state index in [0.29, 0.717) is 98.5 Å². The van der Waals surface area contributed by atoms with Crippen LogP contribution in [0.2, 0.25) is 10.0 Å². The van der Waals surface area contributed by atoms with Gasteiger partial charge in [-0.1, -0.05) is 79.0 Å². The van der Waals surface area contributed by atoms with Crippen LogP contribution in [0.25, 0.3) is 10.9 Å².